The molecular weight excluding hydrogens is 1030 g/mol. The zero-order chi connectivity index (χ0) is 56.9. The predicted molar refractivity (Wildman–Crippen MR) is 353 cm³/mol. The molecule has 0 amide bonds. The number of hydrogen-bond acceptors (Lipinski definition) is 4. The number of hydrogen-bond donors (Lipinski definition) is 0. The molecule has 4 aromatic heterocycles. The summed E-state index contributed by atoms with van der Waals surface area (Å²) in [7, 11) is 0. The van der Waals surface area contributed by atoms with Crippen LogP contribution in [0.5, 0.6) is 0 Å². The van der Waals surface area contributed by atoms with Gasteiger partial charge in [0, 0.05) is 47.0 Å². The lowest BCUT2D eigenvalue weighted by Gasteiger charge is -2.20. The molecular formula is C81H56N4. The van der Waals surface area contributed by atoms with E-state index in [0.717, 1.165) is 151 Å². The maximum absolute atomic E-state index is 5.26. The van der Waals surface area contributed by atoms with Gasteiger partial charge in [0.2, 0.25) is 0 Å². The average Bonchev–Trinajstić information content (AvgIpc) is 3.52. The molecule has 0 N–H and O–H groups in total. The van der Waals surface area contributed by atoms with Crippen LogP contribution in [0.25, 0.3) is 145 Å². The third-order valence-corrected chi connectivity index (χ3v) is 16.1. The van der Waals surface area contributed by atoms with Crippen LogP contribution in [0.1, 0.15) is 5.56 Å². The van der Waals surface area contributed by atoms with Crippen LogP contribution in [0.15, 0.2) is 322 Å². The second-order valence-corrected chi connectivity index (χ2v) is 21.4. The first-order valence-corrected chi connectivity index (χ1v) is 28.8. The fourth-order valence-electron chi connectivity index (χ4n) is 11.9. The second-order valence-electron chi connectivity index (χ2n) is 21.4. The van der Waals surface area contributed by atoms with Gasteiger partial charge >= 0.3 is 0 Å². The molecule has 0 aliphatic heterocycles. The minimum Gasteiger partial charge on any atom is -0.256 e. The molecule has 4 nitrogen and oxygen atoms in total. The Hall–Kier alpha value is -11.2. The van der Waals surface area contributed by atoms with Crippen molar-refractivity contribution in [1.29, 1.82) is 0 Å². The SMILES string of the molecule is Cc1cc(-c2cc(-c3ccccc3)c(-c3ccccc3-c3cc(-c4ccccc4-c4ccc(-c5ccccn5)cc4-c4ccccc4)cc(-c4ccccc4-c4ccc(-c5ccccn5)cc4-c4ccccc4)c3)cn2)ncc1-c1ccccc1. The van der Waals surface area contributed by atoms with E-state index in [1.54, 1.807) is 0 Å². The maximum Gasteiger partial charge on any atom is 0.0892 e. The van der Waals surface area contributed by atoms with E-state index in [0.29, 0.717) is 0 Å². The summed E-state index contributed by atoms with van der Waals surface area (Å²) in [5.74, 6) is 0. The maximum atomic E-state index is 5.26. The fourth-order valence-corrected chi connectivity index (χ4v) is 11.9. The first-order valence-electron chi connectivity index (χ1n) is 28.8. The lowest BCUT2D eigenvalue weighted by molar-refractivity contribution is 1.23. The van der Waals surface area contributed by atoms with Crippen molar-refractivity contribution in [2.75, 3.05) is 0 Å². The van der Waals surface area contributed by atoms with Crippen LogP contribution in [-0.2, 0) is 0 Å². The Balaban J connectivity index is 0.980. The first kappa shape index (κ1) is 51.9. The molecule has 0 saturated carbocycles. The van der Waals surface area contributed by atoms with Crippen molar-refractivity contribution in [2.45, 2.75) is 6.92 Å². The van der Waals surface area contributed by atoms with Gasteiger partial charge in [-0.1, -0.05) is 231 Å². The molecule has 0 fully saturated rings. The minimum absolute atomic E-state index is 0.811. The van der Waals surface area contributed by atoms with Gasteiger partial charge in [-0.05, 0) is 179 Å². The Labute approximate surface area is 496 Å². The van der Waals surface area contributed by atoms with Crippen molar-refractivity contribution >= 4 is 0 Å². The number of pyridine rings is 4. The molecule has 0 aliphatic rings. The monoisotopic (exact) mass is 1080 g/mol. The highest BCUT2D eigenvalue weighted by atomic mass is 14.8. The molecule has 0 bridgehead atoms. The summed E-state index contributed by atoms with van der Waals surface area (Å²) in [4.78, 5) is 19.8. The van der Waals surface area contributed by atoms with Crippen LogP contribution in [0.3, 0.4) is 0 Å². The molecule has 0 unspecified atom stereocenters. The average molecular weight is 1090 g/mol. The number of nitrogens with zero attached hydrogens (tertiary/aromatic N) is 4. The Kier molecular flexibility index (Phi) is 14.3. The van der Waals surface area contributed by atoms with Crippen molar-refractivity contribution in [1.82, 2.24) is 19.9 Å². The van der Waals surface area contributed by atoms with Crippen LogP contribution >= 0.6 is 0 Å². The number of aryl methyl sites for hydroxylation is 1. The lowest BCUT2D eigenvalue weighted by atomic mass is 9.83. The van der Waals surface area contributed by atoms with Crippen molar-refractivity contribution in [3.8, 4) is 145 Å². The first-order chi connectivity index (χ1) is 42.1. The summed E-state index contributed by atoms with van der Waals surface area (Å²) >= 11 is 0. The highest BCUT2D eigenvalue weighted by molar-refractivity contribution is 6.00. The summed E-state index contributed by atoms with van der Waals surface area (Å²) in [5.41, 5.74) is 28.9. The van der Waals surface area contributed by atoms with E-state index in [4.69, 9.17) is 19.9 Å². The van der Waals surface area contributed by atoms with Gasteiger partial charge in [0.15, 0.2) is 0 Å². The molecule has 14 rings (SSSR count). The third-order valence-electron chi connectivity index (χ3n) is 16.1. The molecule has 0 aliphatic carbocycles. The molecule has 0 atom stereocenters. The van der Waals surface area contributed by atoms with Gasteiger partial charge < -0.3 is 0 Å². The van der Waals surface area contributed by atoms with Crippen LogP contribution in [-0.4, -0.2) is 19.9 Å². The van der Waals surface area contributed by atoms with Crippen LogP contribution in [0.2, 0.25) is 0 Å². The number of aromatic nitrogens is 4. The topological polar surface area (TPSA) is 51.6 Å². The lowest BCUT2D eigenvalue weighted by Crippen LogP contribution is -1.96. The normalized spacial score (nSPS) is 11.1. The molecule has 14 aromatic rings. The van der Waals surface area contributed by atoms with E-state index >= 15 is 0 Å². The van der Waals surface area contributed by atoms with Gasteiger partial charge in [-0.2, -0.15) is 0 Å². The Morgan fingerprint density at radius 1 is 0.176 bits per heavy atom. The van der Waals surface area contributed by atoms with Gasteiger partial charge in [-0.3, -0.25) is 19.9 Å². The van der Waals surface area contributed by atoms with Crippen molar-refractivity contribution in [3.05, 3.63) is 328 Å². The van der Waals surface area contributed by atoms with E-state index < -0.39 is 0 Å². The standard InChI is InChI=1S/C81H56N4/c1-55-46-80(84-53-76(55)59-30-12-5-13-31-59)81-52-75(58-28-10-4-11-29-58)77(54-85-81)70-37-19-16-34-67(70)64-48-62(65-32-14-17-35-68(65)71-42-40-60(78-38-20-22-44-82-78)50-73(71)56-24-6-2-7-25-56)47-63(49-64)66-33-15-18-36-69(66)72-43-41-61(79-39-21-23-45-83-79)51-74(72)57-26-8-3-9-27-57/h2-54H,1H3. The molecule has 0 radical (unpaired) electrons. The molecule has 0 spiro atoms. The summed E-state index contributed by atoms with van der Waals surface area (Å²) < 4.78 is 0. The third kappa shape index (κ3) is 10.6. The van der Waals surface area contributed by atoms with Gasteiger partial charge in [0.05, 0.1) is 22.8 Å². The highest BCUT2D eigenvalue weighted by Gasteiger charge is 2.22. The Morgan fingerprint density at radius 2 is 0.494 bits per heavy atom. The summed E-state index contributed by atoms with van der Waals surface area (Å²) in [6.07, 6.45) is 7.75. The summed E-state index contributed by atoms with van der Waals surface area (Å²) in [6, 6.07) is 106. The molecule has 4 heteroatoms. The quantitative estimate of drug-likeness (QED) is 0.115. The number of rotatable bonds is 13. The van der Waals surface area contributed by atoms with Crippen LogP contribution < -0.4 is 0 Å². The summed E-state index contributed by atoms with van der Waals surface area (Å²) in [6.45, 7) is 2.15. The van der Waals surface area contributed by atoms with E-state index in [2.05, 4.69) is 274 Å². The minimum atomic E-state index is 0.811. The van der Waals surface area contributed by atoms with Crippen molar-refractivity contribution in [3.63, 3.8) is 0 Å². The molecule has 4 heterocycles. The van der Waals surface area contributed by atoms with Crippen molar-refractivity contribution < 1.29 is 0 Å². The molecule has 10 aromatic carbocycles. The molecule has 0 saturated heterocycles. The van der Waals surface area contributed by atoms with Crippen LogP contribution in [0.4, 0.5) is 0 Å². The second kappa shape index (κ2) is 23.3. The van der Waals surface area contributed by atoms with Gasteiger partial charge in [-0.25, -0.2) is 0 Å². The predicted octanol–water partition coefficient (Wildman–Crippen LogP) is 21.2. The van der Waals surface area contributed by atoms with Crippen LogP contribution in [0, 0.1) is 6.92 Å². The fraction of sp³-hybridized carbons (Fsp3) is 0.0123. The zero-order valence-electron chi connectivity index (χ0n) is 46.9. The Bertz CT molecular complexity index is 4490. The van der Waals surface area contributed by atoms with E-state index in [1.165, 1.54) is 0 Å². The number of benzene rings is 10. The van der Waals surface area contributed by atoms with Gasteiger partial charge in [-0.15, -0.1) is 0 Å². The van der Waals surface area contributed by atoms with Crippen molar-refractivity contribution in [2.24, 2.45) is 0 Å². The van der Waals surface area contributed by atoms with E-state index in [-0.39, 0.29) is 0 Å². The highest BCUT2D eigenvalue weighted by Crippen LogP contribution is 2.47. The van der Waals surface area contributed by atoms with Gasteiger partial charge in [0.25, 0.3) is 0 Å². The smallest absolute Gasteiger partial charge is 0.0892 e. The summed E-state index contributed by atoms with van der Waals surface area (Å²) in [5, 5.41) is 0. The van der Waals surface area contributed by atoms with Gasteiger partial charge in [0.1, 0.15) is 0 Å². The van der Waals surface area contributed by atoms with E-state index in [1.807, 2.05) is 55.1 Å². The van der Waals surface area contributed by atoms with E-state index in [9.17, 15) is 0 Å². The molecule has 85 heavy (non-hydrogen) atoms. The zero-order valence-corrected chi connectivity index (χ0v) is 46.9. The molecule has 400 valence electrons. The largest absolute Gasteiger partial charge is 0.256 e. The Morgan fingerprint density at radius 3 is 0.882 bits per heavy atom.